The summed E-state index contributed by atoms with van der Waals surface area (Å²) in [6, 6.07) is 2.37. The first-order valence-corrected chi connectivity index (χ1v) is 6.10. The highest BCUT2D eigenvalue weighted by Gasteiger charge is 2.08. The summed E-state index contributed by atoms with van der Waals surface area (Å²) in [6.45, 7) is 10.4. The van der Waals surface area contributed by atoms with Crippen LogP contribution in [0.4, 0.5) is 0 Å². The summed E-state index contributed by atoms with van der Waals surface area (Å²) in [7, 11) is 0. The molecule has 2 nitrogen and oxygen atoms in total. The third kappa shape index (κ3) is 2.38. The lowest BCUT2D eigenvalue weighted by atomic mass is 10.2. The summed E-state index contributed by atoms with van der Waals surface area (Å²) in [5.41, 5.74) is 2.41. The van der Waals surface area contributed by atoms with E-state index in [1.807, 2.05) is 26.1 Å². The normalized spacial score (nSPS) is 10.4. The fourth-order valence-corrected chi connectivity index (χ4v) is 1.86. The highest BCUT2D eigenvalue weighted by molar-refractivity contribution is 6.30. The Kier molecular flexibility index (Phi) is 4.36. The summed E-state index contributed by atoms with van der Waals surface area (Å²) < 4.78 is 2.22. The quantitative estimate of drug-likeness (QED) is 0.664. The fraction of sp³-hybridized carbons (Fsp3) is 0.462. The Balaban J connectivity index is 0.000000606. The van der Waals surface area contributed by atoms with E-state index in [0.717, 1.165) is 5.52 Å². The molecule has 0 aliphatic rings. The van der Waals surface area contributed by atoms with Crippen LogP contribution >= 0.6 is 11.6 Å². The van der Waals surface area contributed by atoms with Gasteiger partial charge in [0.2, 0.25) is 0 Å². The van der Waals surface area contributed by atoms with Gasteiger partial charge in [-0.25, -0.2) is 4.98 Å². The molecule has 0 aliphatic carbocycles. The van der Waals surface area contributed by atoms with Crippen molar-refractivity contribution in [1.82, 2.24) is 9.55 Å². The number of hydrogen-bond acceptors (Lipinski definition) is 1. The maximum absolute atomic E-state index is 5.88. The van der Waals surface area contributed by atoms with Crippen molar-refractivity contribution in [2.75, 3.05) is 0 Å². The molecule has 0 N–H and O–H groups in total. The van der Waals surface area contributed by atoms with E-state index in [1.54, 1.807) is 0 Å². The van der Waals surface area contributed by atoms with Gasteiger partial charge < -0.3 is 4.57 Å². The van der Waals surface area contributed by atoms with Crippen molar-refractivity contribution in [3.8, 4) is 0 Å². The maximum Gasteiger partial charge on any atom is 0.131 e. The monoisotopic (exact) mass is 238 g/mol. The van der Waals surface area contributed by atoms with Crippen LogP contribution in [0.3, 0.4) is 0 Å². The number of nitrogens with zero attached hydrogens (tertiary/aromatic N) is 2. The fourth-order valence-electron chi connectivity index (χ4n) is 1.71. The van der Waals surface area contributed by atoms with Crippen LogP contribution in [0, 0.1) is 6.92 Å². The number of fused-ring (bicyclic) bond motifs is 1. The molecule has 0 saturated heterocycles. The summed E-state index contributed by atoms with van der Waals surface area (Å²) in [4.78, 5) is 4.09. The molecule has 2 aromatic rings. The minimum atomic E-state index is 0.449. The standard InChI is InChI=1S/C11H13ClN2.C2H6/c1-7(2)14-6-8(3)9-5-13-11(12)4-10(9)14;1-2/h4-7H,1-3H3;1-2H3. The molecule has 0 radical (unpaired) electrons. The van der Waals surface area contributed by atoms with E-state index in [4.69, 9.17) is 11.6 Å². The van der Waals surface area contributed by atoms with Crippen LogP contribution in [-0.2, 0) is 0 Å². The third-order valence-corrected chi connectivity index (χ3v) is 2.65. The number of hydrogen-bond donors (Lipinski definition) is 0. The van der Waals surface area contributed by atoms with Crippen molar-refractivity contribution in [2.24, 2.45) is 0 Å². The lowest BCUT2D eigenvalue weighted by Gasteiger charge is -2.08. The van der Waals surface area contributed by atoms with Crippen LogP contribution in [-0.4, -0.2) is 9.55 Å². The summed E-state index contributed by atoms with van der Waals surface area (Å²) in [5.74, 6) is 0. The predicted octanol–water partition coefficient (Wildman–Crippen LogP) is 4.61. The first kappa shape index (κ1) is 13.0. The Morgan fingerprint density at radius 1 is 1.31 bits per heavy atom. The van der Waals surface area contributed by atoms with Crippen LogP contribution < -0.4 is 0 Å². The molecule has 3 heteroatoms. The van der Waals surface area contributed by atoms with Gasteiger partial charge in [-0.3, -0.25) is 0 Å². The van der Waals surface area contributed by atoms with Crippen molar-refractivity contribution in [3.05, 3.63) is 29.2 Å². The highest BCUT2D eigenvalue weighted by atomic mass is 35.5. The van der Waals surface area contributed by atoms with E-state index in [9.17, 15) is 0 Å². The van der Waals surface area contributed by atoms with Crippen LogP contribution in [0.5, 0.6) is 0 Å². The van der Waals surface area contributed by atoms with E-state index in [0.29, 0.717) is 11.2 Å². The second kappa shape index (κ2) is 5.35. The van der Waals surface area contributed by atoms with Gasteiger partial charge in [-0.05, 0) is 32.4 Å². The molecule has 0 atom stereocenters. The molecule has 0 fully saturated rings. The van der Waals surface area contributed by atoms with Crippen LogP contribution in [0.15, 0.2) is 18.5 Å². The van der Waals surface area contributed by atoms with Gasteiger partial charge >= 0.3 is 0 Å². The molecule has 88 valence electrons. The van der Waals surface area contributed by atoms with Crippen molar-refractivity contribution < 1.29 is 0 Å². The first-order chi connectivity index (χ1) is 7.59. The van der Waals surface area contributed by atoms with Crippen LogP contribution in [0.25, 0.3) is 10.9 Å². The average Bonchev–Trinajstić information content (AvgIpc) is 2.58. The van der Waals surface area contributed by atoms with Gasteiger partial charge in [0.15, 0.2) is 0 Å². The number of rotatable bonds is 1. The zero-order valence-corrected chi connectivity index (χ0v) is 11.3. The van der Waals surface area contributed by atoms with Crippen molar-refractivity contribution >= 4 is 22.5 Å². The molecule has 2 heterocycles. The lowest BCUT2D eigenvalue weighted by molar-refractivity contribution is 0.622. The second-order valence-electron chi connectivity index (χ2n) is 3.84. The molecule has 0 aromatic carbocycles. The summed E-state index contributed by atoms with van der Waals surface area (Å²) in [5, 5.41) is 1.74. The molecular weight excluding hydrogens is 220 g/mol. The van der Waals surface area contributed by atoms with Crippen molar-refractivity contribution in [1.29, 1.82) is 0 Å². The average molecular weight is 239 g/mol. The van der Waals surface area contributed by atoms with Crippen LogP contribution in [0.2, 0.25) is 5.15 Å². The van der Waals surface area contributed by atoms with Crippen molar-refractivity contribution in [2.45, 2.75) is 40.7 Å². The minimum Gasteiger partial charge on any atom is -0.345 e. The molecule has 16 heavy (non-hydrogen) atoms. The van der Waals surface area contributed by atoms with Crippen LogP contribution in [0.1, 0.15) is 39.3 Å². The smallest absolute Gasteiger partial charge is 0.131 e. The molecule has 0 saturated carbocycles. The van der Waals surface area contributed by atoms with Gasteiger partial charge in [0, 0.05) is 23.8 Å². The third-order valence-electron chi connectivity index (χ3n) is 2.44. The Labute approximate surface area is 102 Å². The lowest BCUT2D eigenvalue weighted by Crippen LogP contribution is -1.97. The van der Waals surface area contributed by atoms with Gasteiger partial charge in [-0.15, -0.1) is 0 Å². The zero-order chi connectivity index (χ0) is 12.3. The summed E-state index contributed by atoms with van der Waals surface area (Å²) >= 11 is 5.88. The molecule has 2 aromatic heterocycles. The Hall–Kier alpha value is -1.02. The van der Waals surface area contributed by atoms with E-state index >= 15 is 0 Å². The van der Waals surface area contributed by atoms with E-state index in [1.165, 1.54) is 10.9 Å². The molecule has 0 spiro atoms. The largest absolute Gasteiger partial charge is 0.345 e. The molecule has 0 unspecified atom stereocenters. The maximum atomic E-state index is 5.88. The molecule has 2 rings (SSSR count). The Bertz CT molecular complexity index is 472. The van der Waals surface area contributed by atoms with E-state index in [-0.39, 0.29) is 0 Å². The van der Waals surface area contributed by atoms with Gasteiger partial charge in [0.05, 0.1) is 5.52 Å². The summed E-state index contributed by atoms with van der Waals surface area (Å²) in [6.07, 6.45) is 3.99. The van der Waals surface area contributed by atoms with Gasteiger partial charge in [-0.2, -0.15) is 0 Å². The number of aryl methyl sites for hydroxylation is 1. The number of pyridine rings is 1. The SMILES string of the molecule is CC.Cc1cn(C(C)C)c2cc(Cl)ncc12. The number of aromatic nitrogens is 2. The van der Waals surface area contributed by atoms with E-state index < -0.39 is 0 Å². The Morgan fingerprint density at radius 3 is 2.50 bits per heavy atom. The van der Waals surface area contributed by atoms with E-state index in [2.05, 4.69) is 36.5 Å². The van der Waals surface area contributed by atoms with Gasteiger partial charge in [-0.1, -0.05) is 25.4 Å². The zero-order valence-electron chi connectivity index (χ0n) is 10.6. The highest BCUT2D eigenvalue weighted by Crippen LogP contribution is 2.25. The van der Waals surface area contributed by atoms with Crippen molar-refractivity contribution in [3.63, 3.8) is 0 Å². The molecule has 0 amide bonds. The minimum absolute atomic E-state index is 0.449. The molecule has 0 bridgehead atoms. The number of halogens is 1. The molecular formula is C13H19ClN2. The van der Waals surface area contributed by atoms with Gasteiger partial charge in [0.1, 0.15) is 5.15 Å². The molecule has 0 aliphatic heterocycles. The first-order valence-electron chi connectivity index (χ1n) is 5.72. The predicted molar refractivity (Wildman–Crippen MR) is 71.2 cm³/mol. The second-order valence-corrected chi connectivity index (χ2v) is 4.22. The Morgan fingerprint density at radius 2 is 1.94 bits per heavy atom. The topological polar surface area (TPSA) is 17.8 Å². The van der Waals surface area contributed by atoms with Gasteiger partial charge in [0.25, 0.3) is 0 Å².